The number of aromatic hydroxyl groups is 1. The average Bonchev–Trinajstić information content (AvgIpc) is 2.49. The Balaban J connectivity index is 2.30. The lowest BCUT2D eigenvalue weighted by Crippen LogP contribution is -2.01. The lowest BCUT2D eigenvalue weighted by atomic mass is 9.97. The van der Waals surface area contributed by atoms with E-state index in [2.05, 4.69) is 4.98 Å². The monoisotopic (exact) mass is 282 g/mol. The molecule has 1 heterocycles. The van der Waals surface area contributed by atoms with Crippen LogP contribution in [0.25, 0.3) is 21.9 Å². The smallest absolute Gasteiger partial charge is 0.165 e. The number of nitrogens with zero attached hydrogens (tertiary/aromatic N) is 1. The van der Waals surface area contributed by atoms with E-state index in [0.717, 1.165) is 27.6 Å². The van der Waals surface area contributed by atoms with E-state index in [4.69, 9.17) is 5.73 Å². The summed E-state index contributed by atoms with van der Waals surface area (Å²) in [5.41, 5.74) is 9.17. The van der Waals surface area contributed by atoms with Crippen LogP contribution in [-0.2, 0) is 6.54 Å². The Hall–Kier alpha value is -2.46. The quantitative estimate of drug-likeness (QED) is 0.756. The highest BCUT2D eigenvalue weighted by Gasteiger charge is 2.10. The van der Waals surface area contributed by atoms with Crippen molar-refractivity contribution >= 4 is 10.8 Å². The maximum absolute atomic E-state index is 13.6. The van der Waals surface area contributed by atoms with Gasteiger partial charge in [-0.05, 0) is 36.1 Å². The normalized spacial score (nSPS) is 11.0. The minimum absolute atomic E-state index is 0.351. The zero-order chi connectivity index (χ0) is 15.0. The average molecular weight is 282 g/mol. The first kappa shape index (κ1) is 13.5. The molecule has 0 radical (unpaired) electrons. The van der Waals surface area contributed by atoms with Crippen LogP contribution < -0.4 is 5.73 Å². The molecule has 3 nitrogen and oxygen atoms in total. The van der Waals surface area contributed by atoms with Gasteiger partial charge in [-0.2, -0.15) is 0 Å². The molecule has 2 aromatic carbocycles. The minimum atomic E-state index is -0.643. The zero-order valence-electron chi connectivity index (χ0n) is 11.6. The minimum Gasteiger partial charge on any atom is -0.505 e. The van der Waals surface area contributed by atoms with Crippen molar-refractivity contribution in [2.75, 3.05) is 0 Å². The first-order chi connectivity index (χ1) is 10.1. The number of hydrogen-bond acceptors (Lipinski definition) is 3. The molecule has 0 bridgehead atoms. The van der Waals surface area contributed by atoms with Crippen LogP contribution in [0.15, 0.2) is 42.6 Å². The van der Waals surface area contributed by atoms with Crippen molar-refractivity contribution in [2.45, 2.75) is 13.5 Å². The Kier molecular flexibility index (Phi) is 3.31. The van der Waals surface area contributed by atoms with Crippen LogP contribution in [0.3, 0.4) is 0 Å². The molecule has 0 aliphatic carbocycles. The van der Waals surface area contributed by atoms with Crippen molar-refractivity contribution in [3.63, 3.8) is 0 Å². The summed E-state index contributed by atoms with van der Waals surface area (Å²) in [6.07, 6.45) is 1.70. The SMILES string of the molecule is Cc1ccc2c(-c3ccc(O)c(F)c3)cnc(CN)c2c1. The van der Waals surface area contributed by atoms with Gasteiger partial charge >= 0.3 is 0 Å². The molecule has 106 valence electrons. The third-order valence-electron chi connectivity index (χ3n) is 3.58. The molecule has 0 aliphatic heterocycles. The lowest BCUT2D eigenvalue weighted by Gasteiger charge is -2.11. The maximum Gasteiger partial charge on any atom is 0.165 e. The number of nitrogens with two attached hydrogens (primary N) is 1. The summed E-state index contributed by atoms with van der Waals surface area (Å²) in [7, 11) is 0. The summed E-state index contributed by atoms with van der Waals surface area (Å²) in [4.78, 5) is 4.38. The van der Waals surface area contributed by atoms with Gasteiger partial charge in [0.05, 0.1) is 5.69 Å². The van der Waals surface area contributed by atoms with Gasteiger partial charge in [-0.3, -0.25) is 4.98 Å². The molecule has 0 fully saturated rings. The molecule has 0 aliphatic rings. The van der Waals surface area contributed by atoms with Crippen molar-refractivity contribution in [1.29, 1.82) is 0 Å². The van der Waals surface area contributed by atoms with E-state index in [1.807, 2.05) is 25.1 Å². The van der Waals surface area contributed by atoms with Crippen molar-refractivity contribution < 1.29 is 9.50 Å². The fourth-order valence-corrected chi connectivity index (χ4v) is 2.48. The molecule has 0 spiro atoms. The fourth-order valence-electron chi connectivity index (χ4n) is 2.48. The summed E-state index contributed by atoms with van der Waals surface area (Å²) >= 11 is 0. The van der Waals surface area contributed by atoms with Gasteiger partial charge in [0.1, 0.15) is 0 Å². The van der Waals surface area contributed by atoms with E-state index in [-0.39, 0.29) is 5.75 Å². The number of phenolic OH excluding ortho intramolecular Hbond substituents is 1. The Morgan fingerprint density at radius 2 is 1.95 bits per heavy atom. The van der Waals surface area contributed by atoms with Gasteiger partial charge in [0, 0.05) is 23.7 Å². The van der Waals surface area contributed by atoms with E-state index < -0.39 is 5.82 Å². The summed E-state index contributed by atoms with van der Waals surface area (Å²) in [6, 6.07) is 10.4. The van der Waals surface area contributed by atoms with Gasteiger partial charge in [0.25, 0.3) is 0 Å². The summed E-state index contributed by atoms with van der Waals surface area (Å²) < 4.78 is 13.6. The van der Waals surface area contributed by atoms with Gasteiger partial charge < -0.3 is 10.8 Å². The molecule has 3 N–H and O–H groups in total. The first-order valence-electron chi connectivity index (χ1n) is 6.67. The first-order valence-corrected chi connectivity index (χ1v) is 6.67. The second kappa shape index (κ2) is 5.14. The standard InChI is InChI=1S/C17H15FN2O/c1-10-2-4-12-13(6-10)16(8-19)20-9-14(12)11-3-5-17(21)15(18)7-11/h2-7,9,21H,8,19H2,1H3. The Bertz CT molecular complexity index is 830. The molecule has 1 aromatic heterocycles. The molecule has 3 aromatic rings. The van der Waals surface area contributed by atoms with Crippen LogP contribution in [-0.4, -0.2) is 10.1 Å². The largest absolute Gasteiger partial charge is 0.505 e. The van der Waals surface area contributed by atoms with Gasteiger partial charge in [-0.1, -0.05) is 23.8 Å². The summed E-state index contributed by atoms with van der Waals surface area (Å²) in [5.74, 6) is -0.999. The predicted molar refractivity (Wildman–Crippen MR) is 81.4 cm³/mol. The molecule has 21 heavy (non-hydrogen) atoms. The number of benzene rings is 2. The second-order valence-electron chi connectivity index (χ2n) is 5.04. The van der Waals surface area contributed by atoms with Crippen molar-refractivity contribution in [1.82, 2.24) is 4.98 Å². The van der Waals surface area contributed by atoms with Crippen LogP contribution >= 0.6 is 0 Å². The zero-order valence-corrected chi connectivity index (χ0v) is 11.6. The van der Waals surface area contributed by atoms with Crippen molar-refractivity contribution in [3.05, 3.63) is 59.7 Å². The number of halogens is 1. The molecule has 4 heteroatoms. The van der Waals surface area contributed by atoms with Gasteiger partial charge in [0.2, 0.25) is 0 Å². The number of phenols is 1. The number of aromatic nitrogens is 1. The highest BCUT2D eigenvalue weighted by atomic mass is 19.1. The summed E-state index contributed by atoms with van der Waals surface area (Å²) in [6.45, 7) is 2.36. The predicted octanol–water partition coefficient (Wildman–Crippen LogP) is 3.51. The molecule has 0 atom stereocenters. The number of pyridine rings is 1. The van der Waals surface area contributed by atoms with E-state index in [1.54, 1.807) is 12.3 Å². The topological polar surface area (TPSA) is 59.1 Å². The summed E-state index contributed by atoms with van der Waals surface area (Å²) in [5, 5.41) is 11.3. The fraction of sp³-hybridized carbons (Fsp3) is 0.118. The lowest BCUT2D eigenvalue weighted by molar-refractivity contribution is 0.432. The van der Waals surface area contributed by atoms with Crippen LogP contribution in [0.2, 0.25) is 0 Å². The van der Waals surface area contributed by atoms with Gasteiger partial charge in [0.15, 0.2) is 11.6 Å². The molecule has 0 amide bonds. The number of hydrogen-bond donors (Lipinski definition) is 2. The van der Waals surface area contributed by atoms with Crippen LogP contribution in [0, 0.1) is 12.7 Å². The van der Waals surface area contributed by atoms with Crippen LogP contribution in [0.1, 0.15) is 11.3 Å². The van der Waals surface area contributed by atoms with Crippen molar-refractivity contribution in [2.24, 2.45) is 5.73 Å². The Labute approximate surface area is 121 Å². The number of rotatable bonds is 2. The molecular weight excluding hydrogens is 267 g/mol. The van der Waals surface area contributed by atoms with E-state index in [0.29, 0.717) is 12.1 Å². The Morgan fingerprint density at radius 1 is 1.14 bits per heavy atom. The third kappa shape index (κ3) is 2.34. The number of fused-ring (bicyclic) bond motifs is 1. The molecular formula is C17H15FN2O. The highest BCUT2D eigenvalue weighted by Crippen LogP contribution is 2.32. The molecule has 0 saturated carbocycles. The molecule has 0 unspecified atom stereocenters. The highest BCUT2D eigenvalue weighted by molar-refractivity contribution is 5.97. The van der Waals surface area contributed by atoms with Crippen molar-refractivity contribution in [3.8, 4) is 16.9 Å². The third-order valence-corrected chi connectivity index (χ3v) is 3.58. The van der Waals surface area contributed by atoms with E-state index in [1.165, 1.54) is 12.1 Å². The van der Waals surface area contributed by atoms with Gasteiger partial charge in [-0.25, -0.2) is 4.39 Å². The number of aryl methyl sites for hydroxylation is 1. The van der Waals surface area contributed by atoms with Crippen LogP contribution in [0.5, 0.6) is 5.75 Å². The van der Waals surface area contributed by atoms with E-state index >= 15 is 0 Å². The Morgan fingerprint density at radius 3 is 2.67 bits per heavy atom. The second-order valence-corrected chi connectivity index (χ2v) is 5.04. The molecule has 3 rings (SSSR count). The van der Waals surface area contributed by atoms with E-state index in [9.17, 15) is 9.50 Å². The van der Waals surface area contributed by atoms with Crippen LogP contribution in [0.4, 0.5) is 4.39 Å². The maximum atomic E-state index is 13.6. The van der Waals surface area contributed by atoms with Gasteiger partial charge in [-0.15, -0.1) is 0 Å². The molecule has 0 saturated heterocycles.